The number of ether oxygens (including phenoxy) is 1. The molecule has 2 aliphatic heterocycles. The Kier molecular flexibility index (Phi) is 5.29. The van der Waals surface area contributed by atoms with Crippen LogP contribution in [0.4, 0.5) is 11.4 Å². The zero-order chi connectivity index (χ0) is 19.7. The van der Waals surface area contributed by atoms with Gasteiger partial charge in [-0.3, -0.25) is 4.79 Å². The Labute approximate surface area is 170 Å². The van der Waals surface area contributed by atoms with Crippen LogP contribution in [0.15, 0.2) is 42.0 Å². The van der Waals surface area contributed by atoms with Crippen LogP contribution in [0.1, 0.15) is 11.1 Å². The van der Waals surface area contributed by atoms with Crippen molar-refractivity contribution in [2.24, 2.45) is 0 Å². The molecular weight excluding hydrogens is 374 g/mol. The average molecular weight is 398 g/mol. The lowest BCUT2D eigenvalue weighted by Gasteiger charge is -2.35. The van der Waals surface area contributed by atoms with Crippen LogP contribution in [-0.2, 0) is 4.79 Å². The van der Waals surface area contributed by atoms with E-state index in [-0.39, 0.29) is 12.5 Å². The summed E-state index contributed by atoms with van der Waals surface area (Å²) >= 11 is 6.05. The molecule has 0 aromatic heterocycles. The molecule has 0 radical (unpaired) electrons. The van der Waals surface area contributed by atoms with Crippen molar-refractivity contribution >= 4 is 35.0 Å². The molecular formula is C22H24ClN3O2. The third-order valence-electron chi connectivity index (χ3n) is 5.28. The first-order chi connectivity index (χ1) is 13.5. The molecule has 4 rings (SSSR count). The van der Waals surface area contributed by atoms with E-state index >= 15 is 0 Å². The Balaban J connectivity index is 1.47. The molecule has 1 saturated heterocycles. The number of nitrogens with zero attached hydrogens (tertiary/aromatic N) is 2. The fourth-order valence-corrected chi connectivity index (χ4v) is 3.81. The van der Waals surface area contributed by atoms with Gasteiger partial charge in [0.2, 0.25) is 0 Å². The highest BCUT2D eigenvalue weighted by Gasteiger charge is 2.19. The summed E-state index contributed by atoms with van der Waals surface area (Å²) in [4.78, 5) is 17.4. The minimum Gasteiger partial charge on any atom is -0.488 e. The third kappa shape index (κ3) is 4.01. The standard InChI is InChI=1S/C22H24ClN3O2/c1-15-11-19(4-5-20(15)26-9-7-25(2)8-10-26)24-22(27)17-12-16-13-18(23)3-6-21(16)28-14-17/h3-6,11-13H,7-10,14H2,1-2H3,(H,24,27). The van der Waals surface area contributed by atoms with Gasteiger partial charge in [-0.2, -0.15) is 0 Å². The number of anilines is 2. The lowest BCUT2D eigenvalue weighted by molar-refractivity contribution is -0.113. The molecule has 2 aromatic rings. The number of amides is 1. The summed E-state index contributed by atoms with van der Waals surface area (Å²) in [5, 5.41) is 3.61. The Morgan fingerprint density at radius 1 is 1.11 bits per heavy atom. The molecule has 0 aliphatic carbocycles. The summed E-state index contributed by atoms with van der Waals surface area (Å²) in [6.45, 7) is 6.52. The van der Waals surface area contributed by atoms with E-state index in [4.69, 9.17) is 16.3 Å². The number of fused-ring (bicyclic) bond motifs is 1. The molecule has 1 amide bonds. The van der Waals surface area contributed by atoms with E-state index in [1.165, 1.54) is 5.69 Å². The summed E-state index contributed by atoms with van der Waals surface area (Å²) in [5.74, 6) is 0.589. The molecule has 2 heterocycles. The van der Waals surface area contributed by atoms with Crippen LogP contribution in [0.3, 0.4) is 0 Å². The van der Waals surface area contributed by atoms with Gasteiger partial charge in [0.25, 0.3) is 5.91 Å². The molecule has 28 heavy (non-hydrogen) atoms. The Morgan fingerprint density at radius 2 is 1.89 bits per heavy atom. The lowest BCUT2D eigenvalue weighted by Crippen LogP contribution is -2.44. The molecule has 2 aromatic carbocycles. The SMILES string of the molecule is Cc1cc(NC(=O)C2=Cc3cc(Cl)ccc3OC2)ccc1N1CCN(C)CC1. The van der Waals surface area contributed by atoms with Gasteiger partial charge in [0.15, 0.2) is 0 Å². The van der Waals surface area contributed by atoms with Gasteiger partial charge in [0.05, 0.1) is 5.57 Å². The molecule has 0 saturated carbocycles. The van der Waals surface area contributed by atoms with Crippen LogP contribution < -0.4 is 15.0 Å². The number of piperazine rings is 1. The Bertz CT molecular complexity index is 933. The number of hydrogen-bond acceptors (Lipinski definition) is 4. The zero-order valence-corrected chi connectivity index (χ0v) is 16.9. The minimum absolute atomic E-state index is 0.155. The number of carbonyl (C=O) groups excluding carboxylic acids is 1. The van der Waals surface area contributed by atoms with Crippen molar-refractivity contribution in [2.75, 3.05) is 50.1 Å². The third-order valence-corrected chi connectivity index (χ3v) is 5.51. The van der Waals surface area contributed by atoms with Gasteiger partial charge in [0.1, 0.15) is 12.4 Å². The topological polar surface area (TPSA) is 44.8 Å². The Hall–Kier alpha value is -2.50. The van der Waals surface area contributed by atoms with E-state index in [0.29, 0.717) is 10.6 Å². The van der Waals surface area contributed by atoms with Gasteiger partial charge in [-0.15, -0.1) is 0 Å². The molecule has 1 N–H and O–H groups in total. The maximum atomic E-state index is 12.7. The predicted octanol–water partition coefficient (Wildman–Crippen LogP) is 3.81. The van der Waals surface area contributed by atoms with Gasteiger partial charge >= 0.3 is 0 Å². The van der Waals surface area contributed by atoms with Crippen LogP contribution >= 0.6 is 11.6 Å². The normalized spacial score (nSPS) is 16.8. The van der Waals surface area contributed by atoms with Crippen LogP contribution in [-0.4, -0.2) is 50.6 Å². The highest BCUT2D eigenvalue weighted by Crippen LogP contribution is 2.30. The van der Waals surface area contributed by atoms with Gasteiger partial charge in [-0.1, -0.05) is 11.6 Å². The maximum absolute atomic E-state index is 12.7. The highest BCUT2D eigenvalue weighted by atomic mass is 35.5. The molecule has 2 aliphatic rings. The maximum Gasteiger partial charge on any atom is 0.255 e. The van der Waals surface area contributed by atoms with Crippen molar-refractivity contribution < 1.29 is 9.53 Å². The summed E-state index contributed by atoms with van der Waals surface area (Å²) in [7, 11) is 2.15. The first-order valence-electron chi connectivity index (χ1n) is 9.48. The zero-order valence-electron chi connectivity index (χ0n) is 16.2. The summed E-state index contributed by atoms with van der Waals surface area (Å²) < 4.78 is 5.68. The number of rotatable bonds is 3. The molecule has 0 unspecified atom stereocenters. The molecule has 146 valence electrons. The fourth-order valence-electron chi connectivity index (χ4n) is 3.63. The summed E-state index contributed by atoms with van der Waals surface area (Å²) in [5.41, 5.74) is 4.59. The number of carbonyl (C=O) groups is 1. The van der Waals surface area contributed by atoms with Crippen LogP contribution in [0.5, 0.6) is 5.75 Å². The molecule has 0 spiro atoms. The van der Waals surface area contributed by atoms with E-state index in [0.717, 1.165) is 48.7 Å². The van der Waals surface area contributed by atoms with E-state index in [1.54, 1.807) is 12.1 Å². The van der Waals surface area contributed by atoms with Gasteiger partial charge in [0, 0.05) is 48.1 Å². The van der Waals surface area contributed by atoms with Crippen molar-refractivity contribution in [1.82, 2.24) is 4.90 Å². The number of nitrogens with one attached hydrogen (secondary N) is 1. The predicted molar refractivity (Wildman–Crippen MR) is 114 cm³/mol. The lowest BCUT2D eigenvalue weighted by atomic mass is 10.1. The quantitative estimate of drug-likeness (QED) is 0.855. The first-order valence-corrected chi connectivity index (χ1v) is 9.86. The van der Waals surface area contributed by atoms with Crippen LogP contribution in [0, 0.1) is 6.92 Å². The van der Waals surface area contributed by atoms with Crippen molar-refractivity contribution in [3.05, 3.63) is 58.1 Å². The second-order valence-corrected chi connectivity index (χ2v) is 7.82. The summed E-state index contributed by atoms with van der Waals surface area (Å²) in [6, 6.07) is 11.5. The van der Waals surface area contributed by atoms with E-state index in [2.05, 4.69) is 35.2 Å². The van der Waals surface area contributed by atoms with Crippen LogP contribution in [0.25, 0.3) is 6.08 Å². The van der Waals surface area contributed by atoms with Crippen LogP contribution in [0.2, 0.25) is 5.02 Å². The monoisotopic (exact) mass is 397 g/mol. The number of benzene rings is 2. The minimum atomic E-state index is -0.155. The molecule has 0 atom stereocenters. The van der Waals surface area contributed by atoms with Gasteiger partial charge < -0.3 is 19.9 Å². The van der Waals surface area contributed by atoms with Gasteiger partial charge in [-0.25, -0.2) is 0 Å². The van der Waals surface area contributed by atoms with Crippen molar-refractivity contribution in [1.29, 1.82) is 0 Å². The van der Waals surface area contributed by atoms with Gasteiger partial charge in [-0.05, 0) is 62.0 Å². The first kappa shape index (κ1) is 18.8. The second kappa shape index (κ2) is 7.86. The number of hydrogen-bond donors (Lipinski definition) is 1. The molecule has 6 heteroatoms. The summed E-state index contributed by atoms with van der Waals surface area (Å²) in [6.07, 6.45) is 1.84. The highest BCUT2D eigenvalue weighted by molar-refractivity contribution is 6.30. The number of aryl methyl sites for hydroxylation is 1. The van der Waals surface area contributed by atoms with E-state index in [9.17, 15) is 4.79 Å². The Morgan fingerprint density at radius 3 is 2.64 bits per heavy atom. The second-order valence-electron chi connectivity index (χ2n) is 7.39. The molecule has 5 nitrogen and oxygen atoms in total. The number of halogens is 1. The van der Waals surface area contributed by atoms with Crippen molar-refractivity contribution in [2.45, 2.75) is 6.92 Å². The largest absolute Gasteiger partial charge is 0.488 e. The molecule has 1 fully saturated rings. The fraction of sp³-hybridized carbons (Fsp3) is 0.318. The molecule has 0 bridgehead atoms. The average Bonchev–Trinajstić information content (AvgIpc) is 2.68. The van der Waals surface area contributed by atoms with E-state index < -0.39 is 0 Å². The van der Waals surface area contributed by atoms with E-state index in [1.807, 2.05) is 24.3 Å². The smallest absolute Gasteiger partial charge is 0.255 e. The number of likely N-dealkylation sites (N-methyl/N-ethyl adjacent to an activating group) is 1. The van der Waals surface area contributed by atoms with Crippen molar-refractivity contribution in [3.8, 4) is 5.75 Å². The van der Waals surface area contributed by atoms with Crippen molar-refractivity contribution in [3.63, 3.8) is 0 Å².